The van der Waals surface area contributed by atoms with Crippen LogP contribution in [-0.4, -0.2) is 36.4 Å². The summed E-state index contributed by atoms with van der Waals surface area (Å²) in [5.74, 6) is 0.446. The number of likely N-dealkylation sites (N-methyl/N-ethyl adjacent to an activating group) is 2. The number of carbonyl (C=O) groups is 1. The first-order chi connectivity index (χ1) is 7.15. The van der Waals surface area contributed by atoms with Gasteiger partial charge in [0, 0.05) is 12.4 Å². The Morgan fingerprint density at radius 1 is 1.73 bits per heavy atom. The van der Waals surface area contributed by atoms with E-state index in [2.05, 4.69) is 10.3 Å². The molecular weight excluding hydrogens is 234 g/mol. The van der Waals surface area contributed by atoms with E-state index in [0.29, 0.717) is 19.0 Å². The Morgan fingerprint density at radius 2 is 2.47 bits per heavy atom. The number of alkyl halides is 1. The van der Waals surface area contributed by atoms with Gasteiger partial charge in [0.25, 0.3) is 0 Å². The fourth-order valence-electron chi connectivity index (χ4n) is 1.09. The van der Waals surface area contributed by atoms with Gasteiger partial charge in [-0.2, -0.15) is 0 Å². The molecule has 0 aliphatic heterocycles. The highest BCUT2D eigenvalue weighted by molar-refractivity contribution is 7.09. The molecule has 1 aromatic heterocycles. The number of hydrogen-bond acceptors (Lipinski definition) is 4. The smallest absolute Gasteiger partial charge is 0.233 e. The molecule has 0 aromatic carbocycles. The molecule has 0 fully saturated rings. The minimum atomic E-state index is 0.00613. The van der Waals surface area contributed by atoms with Gasteiger partial charge < -0.3 is 5.32 Å². The van der Waals surface area contributed by atoms with Crippen LogP contribution in [0.15, 0.2) is 5.38 Å². The van der Waals surface area contributed by atoms with Crippen LogP contribution in [0.1, 0.15) is 10.7 Å². The summed E-state index contributed by atoms with van der Waals surface area (Å²) in [6.45, 7) is 1.06. The van der Waals surface area contributed by atoms with Gasteiger partial charge in [0.15, 0.2) is 0 Å². The maximum atomic E-state index is 11.1. The second-order valence-electron chi connectivity index (χ2n) is 3.21. The van der Waals surface area contributed by atoms with Crippen LogP contribution < -0.4 is 5.32 Å². The summed E-state index contributed by atoms with van der Waals surface area (Å²) in [4.78, 5) is 17.3. The Bertz CT molecular complexity index is 329. The molecular formula is C9H14ClN3OS. The zero-order valence-corrected chi connectivity index (χ0v) is 10.4. The largest absolute Gasteiger partial charge is 0.358 e. The minimum Gasteiger partial charge on any atom is -0.358 e. The van der Waals surface area contributed by atoms with E-state index in [-0.39, 0.29) is 5.91 Å². The van der Waals surface area contributed by atoms with Gasteiger partial charge in [-0.25, -0.2) is 4.98 Å². The lowest BCUT2D eigenvalue weighted by atomic mass is 10.5. The molecule has 1 amide bonds. The SMILES string of the molecule is CNC(=O)CN(C)Cc1nc(CCl)cs1. The predicted octanol–water partition coefficient (Wildman–Crippen LogP) is 1.06. The maximum absolute atomic E-state index is 11.1. The quantitative estimate of drug-likeness (QED) is 0.792. The summed E-state index contributed by atoms with van der Waals surface area (Å²) < 4.78 is 0. The summed E-state index contributed by atoms with van der Waals surface area (Å²) in [6, 6.07) is 0. The molecule has 0 aliphatic carbocycles. The number of nitrogens with zero attached hydrogens (tertiary/aromatic N) is 2. The molecule has 4 nitrogen and oxygen atoms in total. The van der Waals surface area contributed by atoms with Crippen LogP contribution in [0.3, 0.4) is 0 Å². The van der Waals surface area contributed by atoms with Crippen molar-refractivity contribution in [3.8, 4) is 0 Å². The Kier molecular flexibility index (Phi) is 5.01. The van der Waals surface area contributed by atoms with Crippen LogP contribution >= 0.6 is 22.9 Å². The predicted molar refractivity (Wildman–Crippen MR) is 62.1 cm³/mol. The van der Waals surface area contributed by atoms with E-state index in [1.165, 1.54) is 0 Å². The van der Waals surface area contributed by atoms with Crippen molar-refractivity contribution < 1.29 is 4.79 Å². The van der Waals surface area contributed by atoms with Crippen LogP contribution in [0.2, 0.25) is 0 Å². The third-order valence-electron chi connectivity index (χ3n) is 1.83. The summed E-state index contributed by atoms with van der Waals surface area (Å²) in [7, 11) is 3.52. The monoisotopic (exact) mass is 247 g/mol. The second-order valence-corrected chi connectivity index (χ2v) is 4.42. The van der Waals surface area contributed by atoms with Crippen LogP contribution in [0.4, 0.5) is 0 Å². The minimum absolute atomic E-state index is 0.00613. The van der Waals surface area contributed by atoms with Gasteiger partial charge in [0.05, 0.1) is 24.7 Å². The molecule has 1 rings (SSSR count). The Hall–Kier alpha value is -0.650. The molecule has 1 N–H and O–H groups in total. The summed E-state index contributed by atoms with van der Waals surface area (Å²) in [6.07, 6.45) is 0. The van der Waals surface area contributed by atoms with Gasteiger partial charge >= 0.3 is 0 Å². The van der Waals surface area contributed by atoms with Gasteiger partial charge in [0.1, 0.15) is 5.01 Å². The maximum Gasteiger partial charge on any atom is 0.233 e. The normalized spacial score (nSPS) is 10.7. The average molecular weight is 248 g/mol. The van der Waals surface area contributed by atoms with E-state index in [9.17, 15) is 4.79 Å². The number of nitrogens with one attached hydrogen (secondary N) is 1. The van der Waals surface area contributed by atoms with Crippen molar-refractivity contribution in [2.45, 2.75) is 12.4 Å². The number of thiazole rings is 1. The van der Waals surface area contributed by atoms with E-state index in [4.69, 9.17) is 11.6 Å². The number of amides is 1. The first-order valence-corrected chi connectivity index (χ1v) is 5.95. The van der Waals surface area contributed by atoms with E-state index in [1.807, 2.05) is 17.3 Å². The fraction of sp³-hybridized carbons (Fsp3) is 0.556. The number of rotatable bonds is 5. The average Bonchev–Trinajstić information content (AvgIpc) is 2.65. The van der Waals surface area contributed by atoms with Gasteiger partial charge in [-0.15, -0.1) is 22.9 Å². The Morgan fingerprint density at radius 3 is 3.00 bits per heavy atom. The van der Waals surface area contributed by atoms with Crippen LogP contribution in [0.25, 0.3) is 0 Å². The second kappa shape index (κ2) is 6.05. The van der Waals surface area contributed by atoms with E-state index < -0.39 is 0 Å². The Labute approximate surface area is 98.3 Å². The Balaban J connectivity index is 2.43. The lowest BCUT2D eigenvalue weighted by Crippen LogP contribution is -2.32. The highest BCUT2D eigenvalue weighted by atomic mass is 35.5. The third-order valence-corrected chi connectivity index (χ3v) is 2.99. The van der Waals surface area contributed by atoms with Crippen molar-refractivity contribution in [3.05, 3.63) is 16.1 Å². The lowest BCUT2D eigenvalue weighted by molar-refractivity contribution is -0.121. The molecule has 0 radical (unpaired) electrons. The molecule has 6 heteroatoms. The van der Waals surface area contributed by atoms with E-state index in [1.54, 1.807) is 18.4 Å². The van der Waals surface area contributed by atoms with Gasteiger partial charge in [0.2, 0.25) is 5.91 Å². The van der Waals surface area contributed by atoms with Crippen molar-refractivity contribution in [1.29, 1.82) is 0 Å². The van der Waals surface area contributed by atoms with Crippen molar-refractivity contribution in [1.82, 2.24) is 15.2 Å². The summed E-state index contributed by atoms with van der Waals surface area (Å²) >= 11 is 7.22. The standard InChI is InChI=1S/C9H14ClN3OS/c1-11-8(14)4-13(2)5-9-12-7(3-10)6-15-9/h6H,3-5H2,1-2H3,(H,11,14). The highest BCUT2D eigenvalue weighted by Crippen LogP contribution is 2.12. The summed E-state index contributed by atoms with van der Waals surface area (Å²) in [5, 5.41) is 5.50. The van der Waals surface area contributed by atoms with Crippen molar-refractivity contribution >= 4 is 28.8 Å². The molecule has 0 saturated heterocycles. The first-order valence-electron chi connectivity index (χ1n) is 4.54. The van der Waals surface area contributed by atoms with E-state index in [0.717, 1.165) is 10.7 Å². The van der Waals surface area contributed by atoms with Gasteiger partial charge in [-0.05, 0) is 7.05 Å². The molecule has 0 aliphatic rings. The molecule has 15 heavy (non-hydrogen) atoms. The zero-order chi connectivity index (χ0) is 11.3. The van der Waals surface area contributed by atoms with Crippen molar-refractivity contribution in [2.24, 2.45) is 0 Å². The van der Waals surface area contributed by atoms with E-state index >= 15 is 0 Å². The topological polar surface area (TPSA) is 45.2 Å². The lowest BCUT2D eigenvalue weighted by Gasteiger charge is -2.13. The van der Waals surface area contributed by atoms with Crippen LogP contribution in [-0.2, 0) is 17.2 Å². The molecule has 84 valence electrons. The molecule has 0 saturated carbocycles. The van der Waals surface area contributed by atoms with Gasteiger partial charge in [-0.1, -0.05) is 0 Å². The summed E-state index contributed by atoms with van der Waals surface area (Å²) in [5.41, 5.74) is 0.894. The number of aromatic nitrogens is 1. The molecule has 0 spiro atoms. The van der Waals surface area contributed by atoms with Crippen molar-refractivity contribution in [3.63, 3.8) is 0 Å². The molecule has 0 atom stereocenters. The highest BCUT2D eigenvalue weighted by Gasteiger charge is 2.07. The molecule has 0 unspecified atom stereocenters. The molecule has 1 aromatic rings. The third kappa shape index (κ3) is 4.15. The van der Waals surface area contributed by atoms with Crippen molar-refractivity contribution in [2.75, 3.05) is 20.6 Å². The number of halogens is 1. The van der Waals surface area contributed by atoms with Gasteiger partial charge in [-0.3, -0.25) is 9.69 Å². The first kappa shape index (κ1) is 12.4. The zero-order valence-electron chi connectivity index (χ0n) is 8.79. The number of carbonyl (C=O) groups excluding carboxylic acids is 1. The number of hydrogen-bond donors (Lipinski definition) is 1. The fourth-order valence-corrected chi connectivity index (χ4v) is 2.20. The molecule has 1 heterocycles. The van der Waals surface area contributed by atoms with Crippen LogP contribution in [0, 0.1) is 0 Å². The molecule has 0 bridgehead atoms. The van der Waals surface area contributed by atoms with Crippen LogP contribution in [0.5, 0.6) is 0 Å².